The molecule has 4 heteroatoms. The van der Waals surface area contributed by atoms with Crippen molar-refractivity contribution in [1.82, 2.24) is 9.80 Å². The quantitative estimate of drug-likeness (QED) is 0.761. The molecule has 0 saturated carbocycles. The zero-order chi connectivity index (χ0) is 12.2. The molecular formula is C12H24N4. The Hall–Kier alpha value is -0.630. The molecule has 4 nitrogen and oxygen atoms in total. The number of piperazine rings is 1. The third kappa shape index (κ3) is 3.75. The standard InChI is InChI=1S/C12H24N4/c1-4-15-5-7-16(8-6-15)11(2)9-12(3,14)10-13/h11H,4-9,14H2,1-3H3. The van der Waals surface area contributed by atoms with Gasteiger partial charge in [-0.2, -0.15) is 5.26 Å². The molecular weight excluding hydrogens is 200 g/mol. The van der Waals surface area contributed by atoms with Crippen LogP contribution < -0.4 is 5.73 Å². The van der Waals surface area contributed by atoms with Crippen LogP contribution in [0.25, 0.3) is 0 Å². The molecule has 1 rings (SSSR count). The third-order valence-electron chi connectivity index (χ3n) is 3.45. The Bertz CT molecular complexity index is 248. The molecule has 0 aromatic rings. The summed E-state index contributed by atoms with van der Waals surface area (Å²) in [6.07, 6.45) is 0.746. The van der Waals surface area contributed by atoms with Crippen molar-refractivity contribution in [2.24, 2.45) is 5.73 Å². The van der Waals surface area contributed by atoms with Crippen molar-refractivity contribution in [1.29, 1.82) is 5.26 Å². The predicted octanol–water partition coefficient (Wildman–Crippen LogP) is 0.643. The molecule has 16 heavy (non-hydrogen) atoms. The molecule has 1 saturated heterocycles. The number of nitrogens with zero attached hydrogens (tertiary/aromatic N) is 3. The number of nitrogens with two attached hydrogens (primary N) is 1. The zero-order valence-corrected chi connectivity index (χ0v) is 10.7. The van der Waals surface area contributed by atoms with Crippen LogP contribution in [0, 0.1) is 11.3 Å². The molecule has 0 aromatic carbocycles. The summed E-state index contributed by atoms with van der Waals surface area (Å²) in [6, 6.07) is 2.57. The molecule has 92 valence electrons. The van der Waals surface area contributed by atoms with E-state index in [4.69, 9.17) is 11.0 Å². The van der Waals surface area contributed by atoms with Crippen LogP contribution in [0.2, 0.25) is 0 Å². The molecule has 0 bridgehead atoms. The summed E-state index contributed by atoms with van der Waals surface area (Å²) in [6.45, 7) is 11.8. The molecule has 0 radical (unpaired) electrons. The normalized spacial score (nSPS) is 24.7. The van der Waals surface area contributed by atoms with Gasteiger partial charge in [0, 0.05) is 32.2 Å². The van der Waals surface area contributed by atoms with Crippen LogP contribution in [0.1, 0.15) is 27.2 Å². The van der Waals surface area contributed by atoms with Gasteiger partial charge in [0.2, 0.25) is 0 Å². The number of hydrogen-bond acceptors (Lipinski definition) is 4. The number of likely N-dealkylation sites (N-methyl/N-ethyl adjacent to an activating group) is 1. The van der Waals surface area contributed by atoms with Gasteiger partial charge in [-0.25, -0.2) is 0 Å². The molecule has 0 aliphatic carbocycles. The highest BCUT2D eigenvalue weighted by molar-refractivity contribution is 5.03. The van der Waals surface area contributed by atoms with Gasteiger partial charge < -0.3 is 10.6 Å². The Morgan fingerprint density at radius 1 is 1.38 bits per heavy atom. The monoisotopic (exact) mass is 224 g/mol. The topological polar surface area (TPSA) is 56.3 Å². The van der Waals surface area contributed by atoms with Crippen molar-refractivity contribution in [3.8, 4) is 6.07 Å². The zero-order valence-electron chi connectivity index (χ0n) is 10.7. The number of rotatable bonds is 4. The largest absolute Gasteiger partial charge is 0.314 e. The summed E-state index contributed by atoms with van der Waals surface area (Å²) in [7, 11) is 0. The molecule has 0 spiro atoms. The van der Waals surface area contributed by atoms with Gasteiger partial charge in [-0.15, -0.1) is 0 Å². The van der Waals surface area contributed by atoms with E-state index in [-0.39, 0.29) is 0 Å². The SMILES string of the molecule is CCN1CCN(C(C)CC(C)(N)C#N)CC1. The predicted molar refractivity (Wildman–Crippen MR) is 66.0 cm³/mol. The van der Waals surface area contributed by atoms with Crippen LogP contribution in [0.4, 0.5) is 0 Å². The third-order valence-corrected chi connectivity index (χ3v) is 3.45. The van der Waals surface area contributed by atoms with Crippen molar-refractivity contribution in [2.45, 2.75) is 38.8 Å². The Morgan fingerprint density at radius 2 is 1.94 bits per heavy atom. The average Bonchev–Trinajstić information content (AvgIpc) is 2.28. The molecule has 1 heterocycles. The maximum absolute atomic E-state index is 8.92. The van der Waals surface area contributed by atoms with E-state index in [1.54, 1.807) is 0 Å². The maximum atomic E-state index is 8.92. The van der Waals surface area contributed by atoms with Crippen molar-refractivity contribution in [2.75, 3.05) is 32.7 Å². The number of nitriles is 1. The van der Waals surface area contributed by atoms with Crippen LogP contribution in [0.15, 0.2) is 0 Å². The maximum Gasteiger partial charge on any atom is 0.102 e. The van der Waals surface area contributed by atoms with Gasteiger partial charge in [0.25, 0.3) is 0 Å². The highest BCUT2D eigenvalue weighted by Gasteiger charge is 2.26. The summed E-state index contributed by atoms with van der Waals surface area (Å²) in [5.41, 5.74) is 5.19. The van der Waals surface area contributed by atoms with E-state index in [0.29, 0.717) is 6.04 Å². The first-order valence-corrected chi connectivity index (χ1v) is 6.15. The molecule has 1 aliphatic rings. The lowest BCUT2D eigenvalue weighted by atomic mass is 9.95. The summed E-state index contributed by atoms with van der Waals surface area (Å²) >= 11 is 0. The van der Waals surface area contributed by atoms with Crippen molar-refractivity contribution in [3.05, 3.63) is 0 Å². The van der Waals surface area contributed by atoms with Gasteiger partial charge in [-0.05, 0) is 26.8 Å². The first kappa shape index (κ1) is 13.4. The molecule has 2 N–H and O–H groups in total. The van der Waals surface area contributed by atoms with E-state index in [0.717, 1.165) is 39.1 Å². The van der Waals surface area contributed by atoms with E-state index in [2.05, 4.69) is 29.7 Å². The summed E-state index contributed by atoms with van der Waals surface area (Å²) in [4.78, 5) is 4.89. The second-order valence-electron chi connectivity index (χ2n) is 5.05. The van der Waals surface area contributed by atoms with E-state index >= 15 is 0 Å². The minimum Gasteiger partial charge on any atom is -0.314 e. The Kier molecular flexibility index (Phi) is 4.72. The fourth-order valence-electron chi connectivity index (χ4n) is 2.31. The smallest absolute Gasteiger partial charge is 0.102 e. The van der Waals surface area contributed by atoms with Crippen LogP contribution in [-0.2, 0) is 0 Å². The minimum absolute atomic E-state index is 0.397. The average molecular weight is 224 g/mol. The minimum atomic E-state index is -0.693. The van der Waals surface area contributed by atoms with Gasteiger partial charge in [-0.3, -0.25) is 4.90 Å². The highest BCUT2D eigenvalue weighted by atomic mass is 15.3. The van der Waals surface area contributed by atoms with Gasteiger partial charge in [0.15, 0.2) is 0 Å². The van der Waals surface area contributed by atoms with Crippen LogP contribution in [0.5, 0.6) is 0 Å². The molecule has 2 atom stereocenters. The van der Waals surface area contributed by atoms with Gasteiger partial charge in [0.1, 0.15) is 5.54 Å². The molecule has 1 aliphatic heterocycles. The van der Waals surface area contributed by atoms with Crippen molar-refractivity contribution < 1.29 is 0 Å². The van der Waals surface area contributed by atoms with Gasteiger partial charge in [0.05, 0.1) is 6.07 Å². The first-order chi connectivity index (χ1) is 7.48. The molecule has 2 unspecified atom stereocenters. The fraction of sp³-hybridized carbons (Fsp3) is 0.917. The lowest BCUT2D eigenvalue weighted by molar-refractivity contribution is 0.0966. The summed E-state index contributed by atoms with van der Waals surface area (Å²) < 4.78 is 0. The van der Waals surface area contributed by atoms with E-state index in [1.807, 2.05) is 6.92 Å². The molecule has 0 amide bonds. The fourth-order valence-corrected chi connectivity index (χ4v) is 2.31. The lowest BCUT2D eigenvalue weighted by Gasteiger charge is -2.39. The summed E-state index contributed by atoms with van der Waals surface area (Å²) in [5.74, 6) is 0. The summed E-state index contributed by atoms with van der Waals surface area (Å²) in [5, 5.41) is 8.92. The van der Waals surface area contributed by atoms with Gasteiger partial charge >= 0.3 is 0 Å². The van der Waals surface area contributed by atoms with Gasteiger partial charge in [-0.1, -0.05) is 6.92 Å². The van der Waals surface area contributed by atoms with Crippen LogP contribution in [0.3, 0.4) is 0 Å². The lowest BCUT2D eigenvalue weighted by Crippen LogP contribution is -2.52. The van der Waals surface area contributed by atoms with E-state index in [9.17, 15) is 0 Å². The van der Waals surface area contributed by atoms with E-state index < -0.39 is 5.54 Å². The Labute approximate surface area is 99.0 Å². The number of hydrogen-bond donors (Lipinski definition) is 1. The second kappa shape index (κ2) is 5.62. The van der Waals surface area contributed by atoms with Crippen molar-refractivity contribution >= 4 is 0 Å². The van der Waals surface area contributed by atoms with Crippen LogP contribution in [-0.4, -0.2) is 54.1 Å². The molecule has 0 aromatic heterocycles. The Balaban J connectivity index is 2.39. The van der Waals surface area contributed by atoms with Crippen molar-refractivity contribution in [3.63, 3.8) is 0 Å². The molecule has 1 fully saturated rings. The highest BCUT2D eigenvalue weighted by Crippen LogP contribution is 2.15. The first-order valence-electron chi connectivity index (χ1n) is 6.15. The van der Waals surface area contributed by atoms with Crippen LogP contribution >= 0.6 is 0 Å². The second-order valence-corrected chi connectivity index (χ2v) is 5.05. The Morgan fingerprint density at radius 3 is 2.38 bits per heavy atom. The van der Waals surface area contributed by atoms with E-state index in [1.165, 1.54) is 0 Å².